The molecule has 19 heavy (non-hydrogen) atoms. The summed E-state index contributed by atoms with van der Waals surface area (Å²) in [5.74, 6) is 1.22. The fraction of sp³-hybridized carbons (Fsp3) is 0.357. The Morgan fingerprint density at radius 2 is 2.26 bits per heavy atom. The molecule has 0 amide bonds. The van der Waals surface area contributed by atoms with Gasteiger partial charge in [0, 0.05) is 13.1 Å². The van der Waals surface area contributed by atoms with Crippen LogP contribution in [0.1, 0.15) is 18.3 Å². The van der Waals surface area contributed by atoms with Crippen molar-refractivity contribution in [2.75, 3.05) is 0 Å². The van der Waals surface area contributed by atoms with Crippen LogP contribution in [-0.2, 0) is 20.0 Å². The molecule has 2 rings (SSSR count). The first kappa shape index (κ1) is 13.9. The fourth-order valence-corrected chi connectivity index (χ4v) is 2.11. The minimum atomic E-state index is 0.289. The molecule has 0 saturated carbocycles. The summed E-state index contributed by atoms with van der Waals surface area (Å²) in [6.07, 6.45) is 2.50. The van der Waals surface area contributed by atoms with E-state index in [0.717, 1.165) is 17.8 Å². The number of rotatable bonds is 5. The van der Waals surface area contributed by atoms with Gasteiger partial charge in [0.15, 0.2) is 0 Å². The molecule has 1 unspecified atom stereocenters. The summed E-state index contributed by atoms with van der Waals surface area (Å²) < 4.78 is 1.86. The molecular weight excluding hydrogens is 262 g/mol. The van der Waals surface area contributed by atoms with Crippen LogP contribution >= 0.6 is 11.6 Å². The van der Waals surface area contributed by atoms with Crippen molar-refractivity contribution in [3.8, 4) is 5.75 Å². The number of phenolic OH excluding ortho intramolecular Hbond substituents is 1. The highest BCUT2D eigenvalue weighted by Crippen LogP contribution is 2.13. The lowest BCUT2D eigenvalue weighted by Crippen LogP contribution is -2.28. The highest BCUT2D eigenvalue weighted by Gasteiger charge is 2.07. The molecule has 0 bridgehead atoms. The molecule has 0 fully saturated rings. The molecule has 0 aliphatic heterocycles. The van der Waals surface area contributed by atoms with Crippen molar-refractivity contribution in [3.63, 3.8) is 0 Å². The minimum Gasteiger partial charge on any atom is -0.508 e. The van der Waals surface area contributed by atoms with Gasteiger partial charge in [-0.2, -0.15) is 0 Å². The summed E-state index contributed by atoms with van der Waals surface area (Å²) in [5.41, 5.74) is 1.11. The van der Waals surface area contributed by atoms with Crippen LogP contribution in [0.4, 0.5) is 0 Å². The van der Waals surface area contributed by atoms with Crippen LogP contribution in [0.3, 0.4) is 0 Å². The maximum Gasteiger partial charge on any atom is 0.128 e. The van der Waals surface area contributed by atoms with Gasteiger partial charge in [-0.3, -0.25) is 0 Å². The zero-order valence-corrected chi connectivity index (χ0v) is 11.9. The summed E-state index contributed by atoms with van der Waals surface area (Å²) in [4.78, 5) is 4.24. The standard InChI is InChI=1S/C14H18ClN3O/c1-10(6-11-4-3-5-12(19)7-11)16-9-14-17-8-13(15)18(14)2/h3-5,7-8,10,16,19H,6,9H2,1-2H3. The Morgan fingerprint density at radius 3 is 2.89 bits per heavy atom. The van der Waals surface area contributed by atoms with E-state index in [9.17, 15) is 5.11 Å². The van der Waals surface area contributed by atoms with Gasteiger partial charge in [-0.1, -0.05) is 23.7 Å². The predicted octanol–water partition coefficient (Wildman–Crippen LogP) is 2.50. The third-order valence-corrected chi connectivity index (χ3v) is 3.44. The van der Waals surface area contributed by atoms with E-state index in [1.54, 1.807) is 18.3 Å². The van der Waals surface area contributed by atoms with Crippen LogP contribution in [-0.4, -0.2) is 20.7 Å². The first-order valence-corrected chi connectivity index (χ1v) is 6.61. The maximum absolute atomic E-state index is 9.42. The van der Waals surface area contributed by atoms with Gasteiger partial charge in [0.05, 0.1) is 12.7 Å². The lowest BCUT2D eigenvalue weighted by molar-refractivity contribution is 0.473. The van der Waals surface area contributed by atoms with E-state index in [4.69, 9.17) is 11.6 Å². The van der Waals surface area contributed by atoms with E-state index >= 15 is 0 Å². The molecule has 0 radical (unpaired) electrons. The second-order valence-electron chi connectivity index (χ2n) is 4.71. The number of hydrogen-bond donors (Lipinski definition) is 2. The summed E-state index contributed by atoms with van der Waals surface area (Å²) >= 11 is 5.94. The molecule has 1 atom stereocenters. The van der Waals surface area contributed by atoms with E-state index < -0.39 is 0 Å². The Balaban J connectivity index is 1.88. The van der Waals surface area contributed by atoms with Gasteiger partial charge < -0.3 is 15.0 Å². The molecular formula is C14H18ClN3O. The first-order chi connectivity index (χ1) is 9.06. The van der Waals surface area contributed by atoms with Gasteiger partial charge in [-0.05, 0) is 31.0 Å². The number of halogens is 1. The lowest BCUT2D eigenvalue weighted by atomic mass is 10.1. The third-order valence-electron chi connectivity index (χ3n) is 3.09. The van der Waals surface area contributed by atoms with Crippen molar-refractivity contribution >= 4 is 11.6 Å². The number of nitrogens with one attached hydrogen (secondary N) is 1. The minimum absolute atomic E-state index is 0.289. The average Bonchev–Trinajstić information content (AvgIpc) is 2.68. The van der Waals surface area contributed by atoms with E-state index in [1.807, 2.05) is 23.7 Å². The molecule has 4 nitrogen and oxygen atoms in total. The Labute approximate surface area is 118 Å². The zero-order chi connectivity index (χ0) is 13.8. The molecule has 5 heteroatoms. The van der Waals surface area contributed by atoms with Crippen LogP contribution in [0.25, 0.3) is 0 Å². The quantitative estimate of drug-likeness (QED) is 0.884. The van der Waals surface area contributed by atoms with Crippen molar-refractivity contribution in [1.29, 1.82) is 0 Å². The topological polar surface area (TPSA) is 50.1 Å². The summed E-state index contributed by atoms with van der Waals surface area (Å²) in [6, 6.07) is 7.62. The van der Waals surface area contributed by atoms with E-state index in [2.05, 4.69) is 17.2 Å². The van der Waals surface area contributed by atoms with Gasteiger partial charge in [0.25, 0.3) is 0 Å². The second-order valence-corrected chi connectivity index (χ2v) is 5.10. The molecule has 0 aliphatic carbocycles. The zero-order valence-electron chi connectivity index (χ0n) is 11.1. The van der Waals surface area contributed by atoms with Crippen LogP contribution in [0, 0.1) is 0 Å². The Bertz CT molecular complexity index is 553. The number of nitrogens with zero attached hydrogens (tertiary/aromatic N) is 2. The predicted molar refractivity (Wildman–Crippen MR) is 76.3 cm³/mol. The third kappa shape index (κ3) is 3.72. The van der Waals surface area contributed by atoms with Crippen LogP contribution in [0.5, 0.6) is 5.75 Å². The summed E-state index contributed by atoms with van der Waals surface area (Å²) in [5, 5.41) is 13.5. The van der Waals surface area contributed by atoms with Crippen LogP contribution in [0.2, 0.25) is 5.15 Å². The smallest absolute Gasteiger partial charge is 0.128 e. The Kier molecular flexibility index (Phi) is 4.45. The number of phenols is 1. The van der Waals surface area contributed by atoms with Crippen molar-refractivity contribution in [1.82, 2.24) is 14.9 Å². The Hall–Kier alpha value is -1.52. The normalized spacial score (nSPS) is 12.6. The molecule has 2 aromatic rings. The monoisotopic (exact) mass is 279 g/mol. The van der Waals surface area contributed by atoms with Crippen LogP contribution in [0.15, 0.2) is 30.5 Å². The Morgan fingerprint density at radius 1 is 1.47 bits per heavy atom. The summed E-state index contributed by atoms with van der Waals surface area (Å²) in [6.45, 7) is 2.78. The molecule has 1 aromatic heterocycles. The molecule has 102 valence electrons. The van der Waals surface area contributed by atoms with Gasteiger partial charge in [0.1, 0.15) is 16.7 Å². The average molecular weight is 280 g/mol. The molecule has 2 N–H and O–H groups in total. The van der Waals surface area contributed by atoms with Crippen molar-refractivity contribution in [3.05, 3.63) is 47.0 Å². The van der Waals surface area contributed by atoms with Crippen molar-refractivity contribution < 1.29 is 5.11 Å². The van der Waals surface area contributed by atoms with Crippen LogP contribution < -0.4 is 5.32 Å². The largest absolute Gasteiger partial charge is 0.508 e. The first-order valence-electron chi connectivity index (χ1n) is 6.23. The lowest BCUT2D eigenvalue weighted by Gasteiger charge is -2.14. The second kappa shape index (κ2) is 6.08. The van der Waals surface area contributed by atoms with Gasteiger partial charge in [0.2, 0.25) is 0 Å². The molecule has 0 saturated heterocycles. The van der Waals surface area contributed by atoms with E-state index in [0.29, 0.717) is 17.4 Å². The van der Waals surface area contributed by atoms with Gasteiger partial charge in [-0.25, -0.2) is 4.98 Å². The van der Waals surface area contributed by atoms with E-state index in [1.165, 1.54) is 0 Å². The number of benzene rings is 1. The van der Waals surface area contributed by atoms with Gasteiger partial charge in [-0.15, -0.1) is 0 Å². The number of imidazole rings is 1. The molecule has 1 aromatic carbocycles. The molecule has 0 aliphatic rings. The SMILES string of the molecule is CC(Cc1cccc(O)c1)NCc1ncc(Cl)n1C. The maximum atomic E-state index is 9.42. The van der Waals surface area contributed by atoms with E-state index in [-0.39, 0.29) is 6.04 Å². The highest BCUT2D eigenvalue weighted by atomic mass is 35.5. The number of aromatic hydroxyl groups is 1. The van der Waals surface area contributed by atoms with Gasteiger partial charge >= 0.3 is 0 Å². The fourth-order valence-electron chi connectivity index (χ4n) is 1.96. The molecule has 0 spiro atoms. The van der Waals surface area contributed by atoms with Crippen molar-refractivity contribution in [2.24, 2.45) is 7.05 Å². The van der Waals surface area contributed by atoms with Crippen molar-refractivity contribution in [2.45, 2.75) is 25.9 Å². The molecule has 1 heterocycles. The highest BCUT2D eigenvalue weighted by molar-refractivity contribution is 6.29. The number of aromatic nitrogens is 2. The summed E-state index contributed by atoms with van der Waals surface area (Å²) in [7, 11) is 1.90. The number of hydrogen-bond acceptors (Lipinski definition) is 3.